The molecule has 0 atom stereocenters. The molecule has 2 saturated heterocycles. The zero-order valence-electron chi connectivity index (χ0n) is 17.1. The van der Waals surface area contributed by atoms with Gasteiger partial charge in [-0.2, -0.15) is 0 Å². The van der Waals surface area contributed by atoms with Crippen molar-refractivity contribution in [2.75, 3.05) is 31.1 Å². The molecule has 1 aromatic heterocycles. The maximum atomic E-state index is 12.8. The lowest BCUT2D eigenvalue weighted by Gasteiger charge is -2.31. The molecule has 6 nitrogen and oxygen atoms in total. The molecule has 0 radical (unpaired) electrons. The van der Waals surface area contributed by atoms with Gasteiger partial charge in [0.05, 0.1) is 5.75 Å². The van der Waals surface area contributed by atoms with Crippen molar-refractivity contribution >= 4 is 15.8 Å². The monoisotopic (exact) mass is 414 g/mol. The summed E-state index contributed by atoms with van der Waals surface area (Å²) in [5, 5.41) is 0. The topological polar surface area (TPSA) is 66.4 Å². The van der Waals surface area contributed by atoms with Crippen LogP contribution in [0.1, 0.15) is 42.8 Å². The molecular formula is C22H30N4O2S. The molecule has 1 aromatic carbocycles. The van der Waals surface area contributed by atoms with Crippen LogP contribution in [0.3, 0.4) is 0 Å². The summed E-state index contributed by atoms with van der Waals surface area (Å²) in [5.41, 5.74) is 1.94. The Bertz CT molecular complexity index is 919. The lowest BCUT2D eigenvalue weighted by molar-refractivity contribution is 0.271. The highest BCUT2D eigenvalue weighted by molar-refractivity contribution is 7.88. The van der Waals surface area contributed by atoms with Crippen LogP contribution in [0.4, 0.5) is 5.82 Å². The van der Waals surface area contributed by atoms with Crippen molar-refractivity contribution in [1.82, 2.24) is 14.3 Å². The highest BCUT2D eigenvalue weighted by atomic mass is 32.2. The standard InChI is InChI=1S/C22H30N4O2S/c1-18-23-21(16-22(24-18)25-11-5-6-12-25)15-19-9-13-26(14-10-19)29(27,28)17-20-7-3-2-4-8-20/h2-4,7-8,16,19H,5-6,9-15,17H2,1H3. The number of sulfonamides is 1. The minimum absolute atomic E-state index is 0.0861. The van der Waals surface area contributed by atoms with E-state index in [2.05, 4.69) is 20.9 Å². The van der Waals surface area contributed by atoms with Crippen molar-refractivity contribution in [2.24, 2.45) is 5.92 Å². The third-order valence-electron chi connectivity index (χ3n) is 5.96. The zero-order valence-corrected chi connectivity index (χ0v) is 17.9. The van der Waals surface area contributed by atoms with E-state index >= 15 is 0 Å². The summed E-state index contributed by atoms with van der Waals surface area (Å²) in [5.74, 6) is 2.43. The van der Waals surface area contributed by atoms with E-state index in [9.17, 15) is 8.42 Å². The first-order chi connectivity index (χ1) is 14.0. The molecule has 4 rings (SSSR count). The molecule has 0 N–H and O–H groups in total. The average Bonchev–Trinajstić information content (AvgIpc) is 3.23. The predicted octanol–water partition coefficient (Wildman–Crippen LogP) is 3.17. The number of piperidine rings is 1. The molecule has 0 amide bonds. The number of hydrogen-bond donors (Lipinski definition) is 0. The molecule has 0 spiro atoms. The van der Waals surface area contributed by atoms with Gasteiger partial charge in [-0.3, -0.25) is 0 Å². The van der Waals surface area contributed by atoms with Gasteiger partial charge in [-0.05, 0) is 50.5 Å². The SMILES string of the molecule is Cc1nc(CC2CCN(S(=O)(=O)Cc3ccccc3)CC2)cc(N2CCCC2)n1. The van der Waals surface area contributed by atoms with Gasteiger partial charge in [0, 0.05) is 37.9 Å². The first-order valence-corrected chi connectivity index (χ1v) is 12.2. The van der Waals surface area contributed by atoms with Gasteiger partial charge in [-0.25, -0.2) is 22.7 Å². The van der Waals surface area contributed by atoms with E-state index < -0.39 is 10.0 Å². The number of benzene rings is 1. The van der Waals surface area contributed by atoms with E-state index in [4.69, 9.17) is 0 Å². The van der Waals surface area contributed by atoms with E-state index in [1.54, 1.807) is 4.31 Å². The second-order valence-electron chi connectivity index (χ2n) is 8.25. The largest absolute Gasteiger partial charge is 0.357 e. The first-order valence-electron chi connectivity index (χ1n) is 10.6. The molecule has 2 fully saturated rings. The number of aromatic nitrogens is 2. The number of aryl methyl sites for hydroxylation is 1. The average molecular weight is 415 g/mol. The van der Waals surface area contributed by atoms with E-state index in [0.29, 0.717) is 19.0 Å². The lowest BCUT2D eigenvalue weighted by atomic mass is 9.93. The Morgan fingerprint density at radius 1 is 1.00 bits per heavy atom. The Hall–Kier alpha value is -1.99. The summed E-state index contributed by atoms with van der Waals surface area (Å²) in [6.45, 7) is 5.31. The third kappa shape index (κ3) is 5.14. The van der Waals surface area contributed by atoms with Gasteiger partial charge in [0.25, 0.3) is 0 Å². The van der Waals surface area contributed by atoms with Gasteiger partial charge >= 0.3 is 0 Å². The normalized spacial score (nSPS) is 19.0. The molecule has 29 heavy (non-hydrogen) atoms. The number of anilines is 1. The fourth-order valence-corrected chi connectivity index (χ4v) is 5.95. The van der Waals surface area contributed by atoms with Crippen LogP contribution in [0, 0.1) is 12.8 Å². The quantitative estimate of drug-likeness (QED) is 0.726. The number of nitrogens with zero attached hydrogens (tertiary/aromatic N) is 4. The third-order valence-corrected chi connectivity index (χ3v) is 7.81. The molecule has 2 aliphatic rings. The molecule has 0 aliphatic carbocycles. The highest BCUT2D eigenvalue weighted by Crippen LogP contribution is 2.26. The highest BCUT2D eigenvalue weighted by Gasteiger charge is 2.28. The number of hydrogen-bond acceptors (Lipinski definition) is 5. The van der Waals surface area contributed by atoms with E-state index in [0.717, 1.165) is 55.3 Å². The van der Waals surface area contributed by atoms with E-state index in [1.165, 1.54) is 12.8 Å². The Balaban J connectivity index is 1.35. The Morgan fingerprint density at radius 3 is 2.38 bits per heavy atom. The van der Waals surface area contributed by atoms with Crippen LogP contribution in [-0.2, 0) is 22.2 Å². The summed E-state index contributed by atoms with van der Waals surface area (Å²) < 4.78 is 27.2. The molecule has 2 aliphatic heterocycles. The smallest absolute Gasteiger partial charge is 0.218 e. The van der Waals surface area contributed by atoms with Crippen molar-refractivity contribution in [3.63, 3.8) is 0 Å². The van der Waals surface area contributed by atoms with Crippen LogP contribution >= 0.6 is 0 Å². The van der Waals surface area contributed by atoms with Gasteiger partial charge in [-0.1, -0.05) is 30.3 Å². The van der Waals surface area contributed by atoms with Gasteiger partial charge < -0.3 is 4.90 Å². The molecule has 156 valence electrons. The van der Waals surface area contributed by atoms with Crippen molar-refractivity contribution in [3.05, 3.63) is 53.5 Å². The summed E-state index contributed by atoms with van der Waals surface area (Å²) in [6.07, 6.45) is 5.13. The second kappa shape index (κ2) is 8.79. The molecule has 2 aromatic rings. The molecule has 7 heteroatoms. The zero-order chi connectivity index (χ0) is 20.3. The Morgan fingerprint density at radius 2 is 1.69 bits per heavy atom. The van der Waals surface area contributed by atoms with Crippen LogP contribution in [0.15, 0.2) is 36.4 Å². The van der Waals surface area contributed by atoms with Gasteiger partial charge in [0.15, 0.2) is 0 Å². The minimum atomic E-state index is -3.26. The van der Waals surface area contributed by atoms with Crippen LogP contribution in [0.5, 0.6) is 0 Å². The summed E-state index contributed by atoms with van der Waals surface area (Å²) in [4.78, 5) is 11.6. The van der Waals surface area contributed by atoms with E-state index in [-0.39, 0.29) is 5.75 Å². The van der Waals surface area contributed by atoms with Gasteiger partial charge in [-0.15, -0.1) is 0 Å². The molecular weight excluding hydrogens is 384 g/mol. The summed E-state index contributed by atoms with van der Waals surface area (Å²) in [6, 6.07) is 11.6. The van der Waals surface area contributed by atoms with Crippen LogP contribution in [0.25, 0.3) is 0 Å². The van der Waals surface area contributed by atoms with E-state index in [1.807, 2.05) is 37.3 Å². The fraction of sp³-hybridized carbons (Fsp3) is 0.545. The maximum Gasteiger partial charge on any atom is 0.218 e. The van der Waals surface area contributed by atoms with Crippen LogP contribution in [-0.4, -0.2) is 48.9 Å². The molecule has 3 heterocycles. The van der Waals surface area contributed by atoms with Gasteiger partial charge in [0.1, 0.15) is 11.6 Å². The first kappa shape index (κ1) is 20.3. The summed E-state index contributed by atoms with van der Waals surface area (Å²) in [7, 11) is -3.26. The van der Waals surface area contributed by atoms with Crippen molar-refractivity contribution in [1.29, 1.82) is 0 Å². The summed E-state index contributed by atoms with van der Waals surface area (Å²) >= 11 is 0. The lowest BCUT2D eigenvalue weighted by Crippen LogP contribution is -2.39. The molecule has 0 saturated carbocycles. The number of rotatable bonds is 6. The van der Waals surface area contributed by atoms with Crippen molar-refractivity contribution in [2.45, 2.75) is 44.8 Å². The second-order valence-corrected chi connectivity index (χ2v) is 10.2. The minimum Gasteiger partial charge on any atom is -0.357 e. The molecule has 0 bridgehead atoms. The van der Waals surface area contributed by atoms with Crippen LogP contribution in [0.2, 0.25) is 0 Å². The van der Waals surface area contributed by atoms with Gasteiger partial charge in [0.2, 0.25) is 10.0 Å². The molecule has 0 unspecified atom stereocenters. The van der Waals surface area contributed by atoms with Crippen molar-refractivity contribution in [3.8, 4) is 0 Å². The Labute approximate surface area is 174 Å². The fourth-order valence-electron chi connectivity index (χ4n) is 4.39. The van der Waals surface area contributed by atoms with Crippen molar-refractivity contribution < 1.29 is 8.42 Å². The maximum absolute atomic E-state index is 12.8. The predicted molar refractivity (Wildman–Crippen MR) is 115 cm³/mol. The van der Waals surface area contributed by atoms with Crippen LogP contribution < -0.4 is 4.90 Å². The Kier molecular flexibility index (Phi) is 6.15.